The first kappa shape index (κ1) is 51.3. The van der Waals surface area contributed by atoms with E-state index in [2.05, 4.69) is 288 Å². The number of aromatic nitrogens is 2. The third-order valence-corrected chi connectivity index (χ3v) is 23.3. The number of rotatable bonds is 5. The Morgan fingerprint density at radius 1 is 0.315 bits per heavy atom. The van der Waals surface area contributed by atoms with Gasteiger partial charge in [-0.3, -0.25) is 9.59 Å². The molecule has 14 aromatic rings. The maximum atomic E-state index is 16.1. The van der Waals surface area contributed by atoms with Crippen LogP contribution in [0.3, 0.4) is 0 Å². The molecule has 0 bridgehead atoms. The fourth-order valence-electron chi connectivity index (χ4n) is 15.6. The van der Waals surface area contributed by atoms with Gasteiger partial charge in [-0.2, -0.15) is 0 Å². The van der Waals surface area contributed by atoms with Gasteiger partial charge in [0.25, 0.3) is 0 Å². The normalized spacial score (nSPS) is 14.4. The topological polar surface area (TPSA) is 50.5 Å². The summed E-state index contributed by atoms with van der Waals surface area (Å²) in [5.74, 6) is 0. The van der Waals surface area contributed by atoms with Crippen molar-refractivity contribution in [1.82, 2.24) is 9.13 Å². The molecule has 0 saturated carbocycles. The van der Waals surface area contributed by atoms with E-state index in [0.29, 0.717) is 21.9 Å². The van der Waals surface area contributed by atoms with Crippen LogP contribution in [0.5, 0.6) is 0 Å². The van der Waals surface area contributed by atoms with Gasteiger partial charge in [-0.1, -0.05) is 169 Å². The van der Waals surface area contributed by atoms with Gasteiger partial charge < -0.3 is 18.9 Å². The molecular weight excluding hydrogens is 1100 g/mol. The van der Waals surface area contributed by atoms with Crippen molar-refractivity contribution >= 4 is 66.0 Å². The molecule has 0 N–H and O–H groups in total. The number of benzene rings is 12. The quantitative estimate of drug-likeness (QED) is 0.172. The molecule has 4 aliphatic rings. The number of para-hydroxylation sites is 4. The van der Waals surface area contributed by atoms with Crippen LogP contribution in [0.1, 0.15) is 38.9 Å². The second kappa shape index (κ2) is 19.0. The summed E-state index contributed by atoms with van der Waals surface area (Å²) in [5.41, 5.74) is 22.9. The number of nitrogens with zero attached hydrogens (tertiary/aromatic N) is 4. The molecule has 89 heavy (non-hydrogen) atoms. The molecule has 0 saturated heterocycles. The van der Waals surface area contributed by atoms with Crippen molar-refractivity contribution in [2.24, 2.45) is 0 Å². The van der Waals surface area contributed by atoms with Crippen LogP contribution in [0, 0.1) is 20.8 Å². The van der Waals surface area contributed by atoms with E-state index in [-0.39, 0.29) is 10.9 Å². The summed E-state index contributed by atoms with van der Waals surface area (Å²) in [5, 5.41) is 1.29. The minimum Gasteiger partial charge on any atom is -0.316 e. The summed E-state index contributed by atoms with van der Waals surface area (Å²) in [4.78, 5) is 40.4. The van der Waals surface area contributed by atoms with Gasteiger partial charge in [-0.15, -0.1) is 10.0 Å². The van der Waals surface area contributed by atoms with E-state index in [0.717, 1.165) is 101 Å². The minimum absolute atomic E-state index is 0.0163. The molecule has 5 heterocycles. The minimum atomic E-state index is -1.91. The average Bonchev–Trinajstić information content (AvgIpc) is 1.62. The highest BCUT2D eigenvalue weighted by atomic mass is 32.3. The zero-order valence-electron chi connectivity index (χ0n) is 49.1. The molecule has 7 heteroatoms. The largest absolute Gasteiger partial charge is 0.316 e. The van der Waals surface area contributed by atoms with Crippen LogP contribution in [0.4, 0.5) is 34.1 Å². The molecule has 422 valence electrons. The first-order chi connectivity index (χ1) is 43.7. The highest BCUT2D eigenvalue weighted by Crippen LogP contribution is 2.84. The fourth-order valence-corrected chi connectivity index (χ4v) is 20.1. The van der Waals surface area contributed by atoms with Crippen molar-refractivity contribution in [3.63, 3.8) is 0 Å². The second-order valence-corrected chi connectivity index (χ2v) is 27.1. The average molecular weight is 1160 g/mol. The second-order valence-electron chi connectivity index (χ2n) is 24.1. The van der Waals surface area contributed by atoms with E-state index in [1.54, 1.807) is 0 Å². The Morgan fingerprint density at radius 2 is 0.775 bits per heavy atom. The lowest BCUT2D eigenvalue weighted by Crippen LogP contribution is -2.36. The molecule has 18 rings (SSSR count). The first-order valence-corrected chi connectivity index (χ1v) is 32.1. The van der Waals surface area contributed by atoms with E-state index in [1.165, 1.54) is 36.3 Å². The molecule has 0 amide bonds. The van der Waals surface area contributed by atoms with E-state index in [9.17, 15) is 4.79 Å². The Hall–Kier alpha value is -11.0. The summed E-state index contributed by atoms with van der Waals surface area (Å²) < 4.78 is 4.32. The molecule has 1 aliphatic carbocycles. The Kier molecular flexibility index (Phi) is 10.9. The molecule has 0 unspecified atom stereocenters. The van der Waals surface area contributed by atoms with Crippen LogP contribution in [-0.2, 0) is 5.41 Å². The maximum absolute atomic E-state index is 16.1. The molecule has 0 radical (unpaired) electrons. The Bertz CT molecular complexity index is 5360. The van der Waals surface area contributed by atoms with E-state index < -0.39 is 15.4 Å². The molecule has 0 atom stereocenters. The predicted molar refractivity (Wildman–Crippen MR) is 365 cm³/mol. The highest BCUT2D eigenvalue weighted by molar-refractivity contribution is 8.34. The Morgan fingerprint density at radius 3 is 1.35 bits per heavy atom. The van der Waals surface area contributed by atoms with E-state index in [4.69, 9.17) is 0 Å². The molecule has 2 spiro atoms. The lowest BCUT2D eigenvalue weighted by Gasteiger charge is -2.48. The van der Waals surface area contributed by atoms with Gasteiger partial charge >= 0.3 is 0 Å². The Labute approximate surface area is 517 Å². The molecule has 2 aromatic heterocycles. The van der Waals surface area contributed by atoms with Crippen LogP contribution in [-0.4, -0.2) is 9.13 Å². The Balaban J connectivity index is 0.829. The molecule has 0 fully saturated rings. The van der Waals surface area contributed by atoms with Gasteiger partial charge in [0.15, 0.2) is 10.9 Å². The van der Waals surface area contributed by atoms with Crippen LogP contribution in [0.25, 0.3) is 66.6 Å². The highest BCUT2D eigenvalue weighted by Gasteiger charge is 2.53. The fraction of sp³-hybridized carbons (Fsp3) is 0.0488. The summed E-state index contributed by atoms with van der Waals surface area (Å²) in [7, 11) is -1.91. The molecule has 12 aromatic carbocycles. The lowest BCUT2D eigenvalue weighted by molar-refractivity contribution is 0.750. The van der Waals surface area contributed by atoms with E-state index >= 15 is 4.79 Å². The lowest BCUT2D eigenvalue weighted by atomic mass is 9.64. The summed E-state index contributed by atoms with van der Waals surface area (Å²) in [6.07, 6.45) is 4.01. The maximum Gasteiger partial charge on any atom is 0.197 e. The molecule has 6 nitrogen and oxygen atoms in total. The summed E-state index contributed by atoms with van der Waals surface area (Å²) in [6.45, 7) is 6.26. The van der Waals surface area contributed by atoms with Gasteiger partial charge in [0.1, 0.15) is 0 Å². The van der Waals surface area contributed by atoms with Crippen LogP contribution in [0.2, 0.25) is 0 Å². The summed E-state index contributed by atoms with van der Waals surface area (Å²) >= 11 is 0. The molecular formula is C82H56N4O2S. The van der Waals surface area contributed by atoms with Crippen molar-refractivity contribution in [3.8, 4) is 44.8 Å². The van der Waals surface area contributed by atoms with Gasteiger partial charge in [0.2, 0.25) is 0 Å². The zero-order valence-corrected chi connectivity index (χ0v) is 50.0. The monoisotopic (exact) mass is 1160 g/mol. The number of aryl methyl sites for hydroxylation is 3. The SMILES string of the molecule is Cc1ccc2c(c1)C1(c3ccccc3-c3cc(-c4cn(-c5ccccc5)c5ccc(N6c7ccccc7S7(c8ccccc8-c8ccccc87)c7ccccc76)cc5c4=O)ccc31)c1cc(C)ccc1N2c1ccc2c(c1)c(=O)c(C)cn2-c1ccccc1. The number of fused-ring (bicyclic) bond motifs is 20. The van der Waals surface area contributed by atoms with Gasteiger partial charge in [-0.25, -0.2) is 0 Å². The summed E-state index contributed by atoms with van der Waals surface area (Å²) in [6, 6.07) is 98.6. The first-order valence-electron chi connectivity index (χ1n) is 30.5. The third kappa shape index (κ3) is 6.99. The third-order valence-electron chi connectivity index (χ3n) is 19.3. The van der Waals surface area contributed by atoms with Crippen LogP contribution in [0.15, 0.2) is 315 Å². The van der Waals surface area contributed by atoms with Crippen molar-refractivity contribution in [2.45, 2.75) is 45.8 Å². The zero-order chi connectivity index (χ0) is 59.4. The van der Waals surface area contributed by atoms with Gasteiger partial charge in [-0.05, 0) is 186 Å². The predicted octanol–water partition coefficient (Wildman–Crippen LogP) is 20.1. The van der Waals surface area contributed by atoms with E-state index in [1.807, 2.05) is 37.4 Å². The van der Waals surface area contributed by atoms with Crippen LogP contribution >= 0.6 is 10.0 Å². The smallest absolute Gasteiger partial charge is 0.197 e. The number of hydrogen-bond donors (Lipinski definition) is 0. The molecule has 3 aliphatic heterocycles. The van der Waals surface area contributed by atoms with Crippen molar-refractivity contribution in [2.75, 3.05) is 9.80 Å². The van der Waals surface area contributed by atoms with Gasteiger partial charge in [0, 0.05) is 76.6 Å². The van der Waals surface area contributed by atoms with Gasteiger partial charge in [0.05, 0.1) is 39.2 Å². The standard InChI is InChI=1S/C82H56N4O2S/c1-51-34-40-72-68(44-51)82(69-45-52(2)35-41-73(69)85(72)57-37-42-70-63(47-57)80(87)53(3)49-83(70)55-20-6-4-7-21-55)66-27-13-10-24-59(66)62-46-54(36-39-67(62)82)65-50-84(56-22-8-5-9-23-56)71-43-38-58(48-64(71)81(65)88)86-74-28-14-18-32-78(74)89(79-33-19-15-29-75(79)86)76-30-16-11-25-60(76)61-26-12-17-31-77(61)89/h4-50H,1-3H3. The number of anilines is 6. The van der Waals surface area contributed by atoms with Crippen molar-refractivity contribution in [3.05, 3.63) is 345 Å². The van der Waals surface area contributed by atoms with Crippen molar-refractivity contribution in [1.29, 1.82) is 0 Å². The van der Waals surface area contributed by atoms with Crippen molar-refractivity contribution < 1.29 is 0 Å². The number of hydrogen-bond acceptors (Lipinski definition) is 4. The number of pyridine rings is 2. The van der Waals surface area contributed by atoms with Crippen LogP contribution < -0.4 is 20.7 Å².